The SMILES string of the molecule is NCC1CCC(c2nc(Cc3ccncc3)no2)CC1. The van der Waals surface area contributed by atoms with E-state index in [1.807, 2.05) is 12.1 Å². The first-order valence-corrected chi connectivity index (χ1v) is 7.26. The highest BCUT2D eigenvalue weighted by Crippen LogP contribution is 2.34. The lowest BCUT2D eigenvalue weighted by molar-refractivity contribution is 0.274. The highest BCUT2D eigenvalue weighted by atomic mass is 16.5. The van der Waals surface area contributed by atoms with Crippen LogP contribution in [0.15, 0.2) is 29.0 Å². The van der Waals surface area contributed by atoms with Gasteiger partial charge in [0.25, 0.3) is 0 Å². The molecule has 0 radical (unpaired) electrons. The summed E-state index contributed by atoms with van der Waals surface area (Å²) in [7, 11) is 0. The van der Waals surface area contributed by atoms with Crippen LogP contribution in [0.25, 0.3) is 0 Å². The lowest BCUT2D eigenvalue weighted by Crippen LogP contribution is -2.20. The number of pyridine rings is 1. The van der Waals surface area contributed by atoms with Crippen molar-refractivity contribution in [2.24, 2.45) is 11.7 Å². The molecule has 0 bridgehead atoms. The predicted octanol–water partition coefficient (Wildman–Crippen LogP) is 2.29. The molecule has 2 heterocycles. The molecule has 1 aliphatic carbocycles. The topological polar surface area (TPSA) is 77.8 Å². The van der Waals surface area contributed by atoms with Gasteiger partial charge in [0, 0.05) is 24.7 Å². The minimum Gasteiger partial charge on any atom is -0.339 e. The summed E-state index contributed by atoms with van der Waals surface area (Å²) in [6.45, 7) is 0.795. The fourth-order valence-corrected chi connectivity index (χ4v) is 2.83. The average Bonchev–Trinajstić information content (AvgIpc) is 2.97. The van der Waals surface area contributed by atoms with Crippen LogP contribution < -0.4 is 5.73 Å². The molecule has 20 heavy (non-hydrogen) atoms. The standard InChI is InChI=1S/C15H20N4O/c16-10-12-1-3-13(4-2-12)15-18-14(19-20-15)9-11-5-7-17-8-6-11/h5-8,12-13H,1-4,9-10,16H2. The normalized spacial score (nSPS) is 22.9. The van der Waals surface area contributed by atoms with Crippen LogP contribution in [0, 0.1) is 5.92 Å². The van der Waals surface area contributed by atoms with E-state index >= 15 is 0 Å². The summed E-state index contributed by atoms with van der Waals surface area (Å²) < 4.78 is 5.44. The Labute approximate surface area is 118 Å². The Bertz CT molecular complexity index is 532. The predicted molar refractivity (Wildman–Crippen MR) is 75.1 cm³/mol. The molecule has 3 rings (SSSR count). The maximum Gasteiger partial charge on any atom is 0.229 e. The molecule has 0 saturated heterocycles. The zero-order chi connectivity index (χ0) is 13.8. The molecule has 1 aliphatic rings. The molecule has 1 fully saturated rings. The molecule has 106 valence electrons. The molecular formula is C15H20N4O. The van der Waals surface area contributed by atoms with E-state index < -0.39 is 0 Å². The van der Waals surface area contributed by atoms with Gasteiger partial charge in [-0.1, -0.05) is 5.16 Å². The third-order valence-corrected chi connectivity index (χ3v) is 4.12. The monoisotopic (exact) mass is 272 g/mol. The van der Waals surface area contributed by atoms with Gasteiger partial charge in [-0.2, -0.15) is 4.98 Å². The van der Waals surface area contributed by atoms with Crippen molar-refractivity contribution >= 4 is 0 Å². The molecule has 0 aromatic carbocycles. The van der Waals surface area contributed by atoms with Crippen LogP contribution >= 0.6 is 0 Å². The fourth-order valence-electron chi connectivity index (χ4n) is 2.83. The summed E-state index contributed by atoms with van der Waals surface area (Å²) in [4.78, 5) is 8.56. The van der Waals surface area contributed by atoms with Gasteiger partial charge in [0.05, 0.1) is 0 Å². The molecule has 2 aromatic heterocycles. The molecule has 2 aromatic rings. The molecule has 2 N–H and O–H groups in total. The molecular weight excluding hydrogens is 252 g/mol. The van der Waals surface area contributed by atoms with Gasteiger partial charge in [0.2, 0.25) is 5.89 Å². The minimum absolute atomic E-state index is 0.413. The lowest BCUT2D eigenvalue weighted by atomic mass is 9.82. The van der Waals surface area contributed by atoms with Crippen LogP contribution in [0.4, 0.5) is 0 Å². The Kier molecular flexibility index (Phi) is 4.06. The Balaban J connectivity index is 1.62. The number of nitrogens with two attached hydrogens (primary N) is 1. The van der Waals surface area contributed by atoms with Crippen LogP contribution in [0.1, 0.15) is 48.9 Å². The van der Waals surface area contributed by atoms with Gasteiger partial charge < -0.3 is 10.3 Å². The Morgan fingerprint density at radius 2 is 1.90 bits per heavy atom. The summed E-state index contributed by atoms with van der Waals surface area (Å²) in [5, 5.41) is 4.09. The van der Waals surface area contributed by atoms with Crippen LogP contribution in [0.5, 0.6) is 0 Å². The van der Waals surface area contributed by atoms with Gasteiger partial charge in [0.1, 0.15) is 0 Å². The highest BCUT2D eigenvalue weighted by molar-refractivity contribution is 5.15. The Morgan fingerprint density at radius 3 is 2.60 bits per heavy atom. The summed E-state index contributed by atoms with van der Waals surface area (Å²) in [5.74, 6) is 2.64. The van der Waals surface area contributed by atoms with Crippen LogP contribution in [-0.4, -0.2) is 21.7 Å². The molecule has 0 atom stereocenters. The van der Waals surface area contributed by atoms with Gasteiger partial charge in [0.15, 0.2) is 5.82 Å². The molecule has 0 unspecified atom stereocenters. The van der Waals surface area contributed by atoms with E-state index in [1.165, 1.54) is 12.8 Å². The number of hydrogen-bond acceptors (Lipinski definition) is 5. The molecule has 5 nitrogen and oxygen atoms in total. The smallest absolute Gasteiger partial charge is 0.229 e. The number of nitrogens with zero attached hydrogens (tertiary/aromatic N) is 3. The van der Waals surface area contributed by atoms with Crippen molar-refractivity contribution in [2.75, 3.05) is 6.54 Å². The maximum atomic E-state index is 5.72. The van der Waals surface area contributed by atoms with E-state index in [-0.39, 0.29) is 0 Å². The van der Waals surface area contributed by atoms with Crippen LogP contribution in [0.2, 0.25) is 0 Å². The first kappa shape index (κ1) is 13.2. The first-order valence-electron chi connectivity index (χ1n) is 7.26. The van der Waals surface area contributed by atoms with E-state index in [1.54, 1.807) is 12.4 Å². The Hall–Kier alpha value is -1.75. The van der Waals surface area contributed by atoms with Gasteiger partial charge in [-0.3, -0.25) is 4.98 Å². The van der Waals surface area contributed by atoms with Crippen molar-refractivity contribution in [2.45, 2.75) is 38.0 Å². The van der Waals surface area contributed by atoms with E-state index in [2.05, 4.69) is 15.1 Å². The van der Waals surface area contributed by atoms with Gasteiger partial charge >= 0.3 is 0 Å². The summed E-state index contributed by atoms with van der Waals surface area (Å²) >= 11 is 0. The number of rotatable bonds is 4. The summed E-state index contributed by atoms with van der Waals surface area (Å²) in [5.41, 5.74) is 6.87. The highest BCUT2D eigenvalue weighted by Gasteiger charge is 2.25. The summed E-state index contributed by atoms with van der Waals surface area (Å²) in [6, 6.07) is 3.95. The van der Waals surface area contributed by atoms with E-state index in [0.717, 1.165) is 36.7 Å². The maximum absolute atomic E-state index is 5.72. The number of aromatic nitrogens is 3. The molecule has 0 spiro atoms. The molecule has 5 heteroatoms. The largest absolute Gasteiger partial charge is 0.339 e. The second-order valence-corrected chi connectivity index (χ2v) is 5.53. The average molecular weight is 272 g/mol. The van der Waals surface area contributed by atoms with Crippen molar-refractivity contribution in [3.8, 4) is 0 Å². The van der Waals surface area contributed by atoms with E-state index in [4.69, 9.17) is 10.3 Å². The van der Waals surface area contributed by atoms with Crippen LogP contribution in [0.3, 0.4) is 0 Å². The third-order valence-electron chi connectivity index (χ3n) is 4.12. The number of hydrogen-bond donors (Lipinski definition) is 1. The molecule has 1 saturated carbocycles. The summed E-state index contributed by atoms with van der Waals surface area (Å²) in [6.07, 6.45) is 8.82. The van der Waals surface area contributed by atoms with Crippen LogP contribution in [-0.2, 0) is 6.42 Å². The zero-order valence-corrected chi connectivity index (χ0v) is 11.5. The molecule has 0 amide bonds. The Morgan fingerprint density at radius 1 is 1.15 bits per heavy atom. The van der Waals surface area contributed by atoms with Crippen molar-refractivity contribution in [3.05, 3.63) is 41.8 Å². The van der Waals surface area contributed by atoms with Crippen molar-refractivity contribution in [1.29, 1.82) is 0 Å². The zero-order valence-electron chi connectivity index (χ0n) is 11.5. The molecule has 0 aliphatic heterocycles. The first-order chi connectivity index (χ1) is 9.85. The van der Waals surface area contributed by atoms with Crippen molar-refractivity contribution < 1.29 is 4.52 Å². The fraction of sp³-hybridized carbons (Fsp3) is 0.533. The van der Waals surface area contributed by atoms with Crippen molar-refractivity contribution in [3.63, 3.8) is 0 Å². The van der Waals surface area contributed by atoms with Crippen molar-refractivity contribution in [1.82, 2.24) is 15.1 Å². The quantitative estimate of drug-likeness (QED) is 0.924. The van der Waals surface area contributed by atoms with Gasteiger partial charge in [-0.25, -0.2) is 0 Å². The van der Waals surface area contributed by atoms with Gasteiger partial charge in [-0.05, 0) is 55.8 Å². The van der Waals surface area contributed by atoms with E-state index in [0.29, 0.717) is 18.3 Å². The minimum atomic E-state index is 0.413. The second kappa shape index (κ2) is 6.13. The second-order valence-electron chi connectivity index (χ2n) is 5.53. The van der Waals surface area contributed by atoms with Gasteiger partial charge in [-0.15, -0.1) is 0 Å². The van der Waals surface area contributed by atoms with E-state index in [9.17, 15) is 0 Å². The lowest BCUT2D eigenvalue weighted by Gasteiger charge is -2.24. The third kappa shape index (κ3) is 3.04.